The number of aliphatic hydroxyl groups is 1. The number of amides is 1. The molecule has 1 fully saturated rings. The van der Waals surface area contributed by atoms with Crippen molar-refractivity contribution in [3.05, 3.63) is 68.2 Å². The fraction of sp³-hybridized carbons (Fsp3) is 0.348. The summed E-state index contributed by atoms with van der Waals surface area (Å²) in [6, 6.07) is 5.36. The van der Waals surface area contributed by atoms with E-state index in [1.165, 1.54) is 40.5 Å². The van der Waals surface area contributed by atoms with Gasteiger partial charge in [-0.1, -0.05) is 18.3 Å². The highest BCUT2D eigenvalue weighted by atomic mass is 127. The molecule has 36 heavy (non-hydrogen) atoms. The van der Waals surface area contributed by atoms with Gasteiger partial charge in [0.2, 0.25) is 10.7 Å². The number of rotatable bonds is 6. The first-order chi connectivity index (χ1) is 16.6. The lowest BCUT2D eigenvalue weighted by molar-refractivity contribution is -0.508. The number of β-lactam (4-membered cyclic amide) rings is 1. The number of nitrogens with zero attached hydrogens (tertiary/aromatic N) is 4. The van der Waals surface area contributed by atoms with Crippen molar-refractivity contribution in [3.63, 3.8) is 0 Å². The van der Waals surface area contributed by atoms with Gasteiger partial charge in [-0.25, -0.2) is 9.36 Å². The highest BCUT2D eigenvalue weighted by Crippen LogP contribution is 2.51. The second-order valence-electron chi connectivity index (χ2n) is 8.84. The van der Waals surface area contributed by atoms with Crippen LogP contribution in [0.4, 0.5) is 5.69 Å². The average molecular weight is 645 g/mol. The zero-order valence-corrected chi connectivity index (χ0v) is 23.2. The number of thiazole rings is 1. The number of aliphatic hydroxyl groups excluding tert-OH is 1. The van der Waals surface area contributed by atoms with Gasteiger partial charge in [0.1, 0.15) is 18.5 Å². The Morgan fingerprint density at radius 3 is 2.61 bits per heavy atom. The van der Waals surface area contributed by atoms with Crippen LogP contribution in [0.2, 0.25) is 5.15 Å². The molecule has 1 aromatic carbocycles. The number of hydrogen-bond donors (Lipinski definition) is 1. The number of fused-ring (bicyclic) bond motifs is 2. The predicted molar refractivity (Wildman–Crippen MR) is 126 cm³/mol. The maximum absolute atomic E-state index is 13.3. The van der Waals surface area contributed by atoms with Crippen molar-refractivity contribution in [2.75, 3.05) is 0 Å². The van der Waals surface area contributed by atoms with E-state index in [0.717, 1.165) is 9.71 Å². The Morgan fingerprint density at radius 1 is 1.36 bits per heavy atom. The molecular weight excluding hydrogens is 623 g/mol. The molecule has 1 N–H and O–H groups in total. The van der Waals surface area contributed by atoms with Crippen LogP contribution in [-0.2, 0) is 28.0 Å². The van der Waals surface area contributed by atoms with E-state index in [1.807, 2.05) is 30.9 Å². The number of esters is 1. The molecule has 5 rings (SSSR count). The molecule has 4 atom stereocenters. The molecule has 4 heterocycles. The first-order valence-corrected chi connectivity index (χ1v) is 12.1. The lowest BCUT2D eigenvalue weighted by atomic mass is 9.77. The van der Waals surface area contributed by atoms with Crippen LogP contribution in [0, 0.1) is 22.0 Å². The Morgan fingerprint density at radius 2 is 2.03 bits per heavy atom. The molecule has 0 radical (unpaired) electrons. The zero-order valence-electron chi connectivity index (χ0n) is 19.4. The van der Waals surface area contributed by atoms with E-state index < -0.39 is 22.9 Å². The minimum absolute atomic E-state index is 0. The molecule has 0 bridgehead atoms. The molecule has 190 valence electrons. The van der Waals surface area contributed by atoms with E-state index in [4.69, 9.17) is 16.3 Å². The topological polar surface area (TPSA) is 119 Å². The van der Waals surface area contributed by atoms with Crippen molar-refractivity contribution in [2.24, 2.45) is 18.9 Å². The van der Waals surface area contributed by atoms with E-state index >= 15 is 0 Å². The Bertz CT molecular complexity index is 1420. The van der Waals surface area contributed by atoms with Gasteiger partial charge < -0.3 is 38.7 Å². The minimum Gasteiger partial charge on any atom is -1.00 e. The Kier molecular flexibility index (Phi) is 7.16. The maximum atomic E-state index is 13.3. The molecule has 0 spiro atoms. The van der Waals surface area contributed by atoms with Crippen LogP contribution in [0.15, 0.2) is 42.5 Å². The number of nitro benzene ring substituents is 1. The maximum Gasteiger partial charge on any atom is 0.355 e. The SMILES string of the molecule is C[C@@H](O)[C@H]1C(=O)N2C(C(=O)OCc3ccc([N+](=O)[O-])cc3)=C(c3c[n+]4cn(C)c(Cl)c4s3)[C@H](C)[C@H]12.[I-]. The molecule has 2 aromatic heterocycles. The summed E-state index contributed by atoms with van der Waals surface area (Å²) in [6.45, 7) is 3.40. The predicted octanol–water partition coefficient (Wildman–Crippen LogP) is -0.297. The van der Waals surface area contributed by atoms with Crippen LogP contribution in [0.3, 0.4) is 0 Å². The summed E-state index contributed by atoms with van der Waals surface area (Å²) in [5.41, 5.74) is 1.35. The number of nitro groups is 1. The van der Waals surface area contributed by atoms with Crippen molar-refractivity contribution in [3.8, 4) is 0 Å². The normalized spacial score (nSPS) is 21.8. The molecule has 2 aliphatic heterocycles. The smallest absolute Gasteiger partial charge is 0.355 e. The van der Waals surface area contributed by atoms with Crippen molar-refractivity contribution in [1.82, 2.24) is 9.47 Å². The third kappa shape index (κ3) is 4.09. The number of halogens is 2. The zero-order chi connectivity index (χ0) is 25.2. The summed E-state index contributed by atoms with van der Waals surface area (Å²) in [5.74, 6) is -1.81. The van der Waals surface area contributed by atoms with Crippen molar-refractivity contribution < 1.29 is 52.7 Å². The summed E-state index contributed by atoms with van der Waals surface area (Å²) in [7, 11) is 1.83. The monoisotopic (exact) mass is 644 g/mol. The molecule has 1 amide bonds. The van der Waals surface area contributed by atoms with Gasteiger partial charge >= 0.3 is 5.97 Å². The quantitative estimate of drug-likeness (QED) is 0.0984. The first-order valence-electron chi connectivity index (χ1n) is 10.9. The van der Waals surface area contributed by atoms with Gasteiger partial charge in [0.15, 0.2) is 0 Å². The third-order valence-corrected chi connectivity index (χ3v) is 8.33. The van der Waals surface area contributed by atoms with Crippen LogP contribution in [0.1, 0.15) is 24.3 Å². The third-order valence-electron chi connectivity index (χ3n) is 6.63. The highest BCUT2D eigenvalue weighted by Gasteiger charge is 2.60. The van der Waals surface area contributed by atoms with Gasteiger partial charge in [-0.05, 0) is 36.2 Å². The van der Waals surface area contributed by atoms with Gasteiger partial charge in [-0.15, -0.1) is 0 Å². The lowest BCUT2D eigenvalue weighted by Crippen LogP contribution is -3.00. The summed E-state index contributed by atoms with van der Waals surface area (Å²) in [5, 5.41) is 21.6. The number of benzene rings is 1. The number of carbonyl (C=O) groups excluding carboxylic acids is 2. The van der Waals surface area contributed by atoms with Crippen molar-refractivity contribution in [1.29, 1.82) is 0 Å². The fourth-order valence-electron chi connectivity index (χ4n) is 4.93. The first kappa shape index (κ1) is 26.5. The fourth-order valence-corrected chi connectivity index (χ4v) is 6.39. The number of non-ortho nitro benzene ring substituents is 1. The second kappa shape index (κ2) is 9.72. The van der Waals surface area contributed by atoms with Crippen molar-refractivity contribution >= 4 is 50.9 Å². The Balaban J connectivity index is 0.00000304. The summed E-state index contributed by atoms with van der Waals surface area (Å²) in [4.78, 5) is 39.7. The van der Waals surface area contributed by atoms with Gasteiger partial charge in [0.05, 0.1) is 34.9 Å². The standard InChI is InChI=1S/C23H22ClN4O6S.HI/c1-11-16(15-8-26-10-25(3)20(24)22(26)35-15)19(27-18(11)17(12(2)29)21(27)30)23(31)34-9-13-4-6-14(7-5-13)28(32)33;/h4-8,10-12,17-18,29H,9H2,1-3H3;1H/q+1;/p-1/t11-,12+,17+,18+;/m0./s1. The average Bonchev–Trinajstić information content (AvgIpc) is 3.41. The van der Waals surface area contributed by atoms with Crippen LogP contribution >= 0.6 is 22.9 Å². The molecule has 3 aromatic rings. The summed E-state index contributed by atoms with van der Waals surface area (Å²) >= 11 is 7.82. The van der Waals surface area contributed by atoms with E-state index in [1.54, 1.807) is 11.5 Å². The van der Waals surface area contributed by atoms with E-state index in [-0.39, 0.29) is 59.8 Å². The number of aromatic nitrogens is 2. The molecular formula is C23H22ClIN4O6S. The van der Waals surface area contributed by atoms with Gasteiger partial charge in [0, 0.05) is 23.6 Å². The van der Waals surface area contributed by atoms with E-state index in [9.17, 15) is 24.8 Å². The number of imidazole rings is 1. The van der Waals surface area contributed by atoms with Gasteiger partial charge in [0.25, 0.3) is 17.2 Å². The largest absolute Gasteiger partial charge is 1.00 e. The number of carbonyl (C=O) groups is 2. The van der Waals surface area contributed by atoms with Crippen LogP contribution < -0.4 is 28.4 Å². The summed E-state index contributed by atoms with van der Waals surface area (Å²) in [6.07, 6.45) is 2.84. The lowest BCUT2D eigenvalue weighted by Gasteiger charge is -2.46. The van der Waals surface area contributed by atoms with E-state index in [0.29, 0.717) is 16.3 Å². The number of aryl methyl sites for hydroxylation is 1. The number of ether oxygens (including phenoxy) is 1. The summed E-state index contributed by atoms with van der Waals surface area (Å²) < 4.78 is 9.20. The van der Waals surface area contributed by atoms with Gasteiger partial charge in [-0.2, -0.15) is 4.40 Å². The minimum atomic E-state index is -0.851. The molecule has 13 heteroatoms. The Labute approximate surface area is 231 Å². The van der Waals surface area contributed by atoms with Crippen LogP contribution in [0.5, 0.6) is 0 Å². The molecule has 0 unspecified atom stereocenters. The highest BCUT2D eigenvalue weighted by molar-refractivity contribution is 7.18. The van der Waals surface area contributed by atoms with Crippen molar-refractivity contribution in [2.45, 2.75) is 32.6 Å². The van der Waals surface area contributed by atoms with Crippen LogP contribution in [-0.4, -0.2) is 43.5 Å². The molecule has 10 nitrogen and oxygen atoms in total. The number of hydrogen-bond acceptors (Lipinski definition) is 7. The molecule has 0 aliphatic carbocycles. The van der Waals surface area contributed by atoms with Crippen LogP contribution in [0.25, 0.3) is 10.4 Å². The second-order valence-corrected chi connectivity index (χ2v) is 10.2. The molecule has 1 saturated heterocycles. The Hall–Kier alpha value is -2.55. The molecule has 0 saturated carbocycles. The van der Waals surface area contributed by atoms with Gasteiger partial charge in [-0.3, -0.25) is 14.9 Å². The van der Waals surface area contributed by atoms with E-state index in [2.05, 4.69) is 0 Å². The molecule has 2 aliphatic rings.